The third kappa shape index (κ3) is 7.55. The van der Waals surface area contributed by atoms with Crippen LogP contribution < -0.4 is 10.6 Å². The zero-order chi connectivity index (χ0) is 10.1. The van der Waals surface area contributed by atoms with Gasteiger partial charge in [-0.15, -0.1) is 5.73 Å². The number of rotatable bonds is 5. The average molecular weight is 294 g/mol. The van der Waals surface area contributed by atoms with Crippen molar-refractivity contribution in [3.8, 4) is 0 Å². The van der Waals surface area contributed by atoms with Gasteiger partial charge in [0.25, 0.3) is 0 Å². The number of carbonyl (C=O) groups is 2. The number of amides is 2. The minimum absolute atomic E-state index is 0.0207. The van der Waals surface area contributed by atoms with Crippen LogP contribution in [0.4, 0.5) is 0 Å². The van der Waals surface area contributed by atoms with Crippen LogP contribution in [0.2, 0.25) is 0 Å². The average Bonchev–Trinajstić information content (AvgIpc) is 2.14. The lowest BCUT2D eigenvalue weighted by Crippen LogP contribution is -2.37. The Bertz CT molecular complexity index is 234. The van der Waals surface area contributed by atoms with Crippen LogP contribution in [-0.2, 0) is 9.59 Å². The molecule has 0 heterocycles. The molecule has 4 nitrogen and oxygen atoms in total. The lowest BCUT2D eigenvalue weighted by molar-refractivity contribution is -0.124. The maximum Gasteiger partial charge on any atom is 0.239 e. The molecule has 0 radical (unpaired) electrons. The van der Waals surface area contributed by atoms with E-state index < -0.39 is 0 Å². The molecule has 0 saturated carbocycles. The molecule has 2 amide bonds. The van der Waals surface area contributed by atoms with Crippen molar-refractivity contribution < 1.29 is 9.59 Å². The number of hydrogen-bond donors (Lipinski definition) is 2. The van der Waals surface area contributed by atoms with E-state index in [0.29, 0.717) is 11.0 Å². The van der Waals surface area contributed by atoms with Gasteiger partial charge < -0.3 is 10.6 Å². The minimum atomic E-state index is -0.218. The normalized spacial score (nSPS) is 8.38. The van der Waals surface area contributed by atoms with Crippen LogP contribution in [0.5, 0.6) is 0 Å². The fraction of sp³-hybridized carbons (Fsp3) is 0.375. The molecule has 72 valence electrons. The van der Waals surface area contributed by atoms with E-state index in [-0.39, 0.29) is 18.4 Å². The first-order valence-corrected chi connectivity index (χ1v) is 5.17. The third-order valence-electron chi connectivity index (χ3n) is 1.11. The Hall–Kier alpha value is -0.810. The SMILES string of the molecule is C=C=CCNC(=O)CNC(=O)CI. The van der Waals surface area contributed by atoms with Crippen LogP contribution in [-0.4, -0.2) is 29.3 Å². The molecule has 0 aromatic carbocycles. The smallest absolute Gasteiger partial charge is 0.239 e. The summed E-state index contributed by atoms with van der Waals surface area (Å²) in [4.78, 5) is 21.7. The summed E-state index contributed by atoms with van der Waals surface area (Å²) in [5.74, 6) is -0.361. The van der Waals surface area contributed by atoms with Crippen LogP contribution in [0.15, 0.2) is 18.4 Å². The Morgan fingerprint density at radius 2 is 2.08 bits per heavy atom. The van der Waals surface area contributed by atoms with Gasteiger partial charge in [0, 0.05) is 6.54 Å². The molecule has 0 spiro atoms. The van der Waals surface area contributed by atoms with Gasteiger partial charge in [0.1, 0.15) is 0 Å². The number of nitrogens with one attached hydrogen (secondary N) is 2. The summed E-state index contributed by atoms with van der Waals surface area (Å²) in [6.07, 6.45) is 1.60. The molecular weight excluding hydrogens is 283 g/mol. The quantitative estimate of drug-likeness (QED) is 0.426. The van der Waals surface area contributed by atoms with Crippen LogP contribution in [0.1, 0.15) is 0 Å². The summed E-state index contributed by atoms with van der Waals surface area (Å²) in [5, 5.41) is 5.00. The molecule has 5 heteroatoms. The van der Waals surface area contributed by atoms with Gasteiger partial charge in [0.05, 0.1) is 11.0 Å². The van der Waals surface area contributed by atoms with Crippen molar-refractivity contribution in [2.45, 2.75) is 0 Å². The minimum Gasteiger partial charge on any atom is -0.350 e. The molecule has 0 aliphatic rings. The number of halogens is 1. The van der Waals surface area contributed by atoms with Crippen molar-refractivity contribution in [2.24, 2.45) is 0 Å². The van der Waals surface area contributed by atoms with Crippen molar-refractivity contribution >= 4 is 34.4 Å². The van der Waals surface area contributed by atoms with Gasteiger partial charge in [-0.25, -0.2) is 0 Å². The van der Waals surface area contributed by atoms with Crippen molar-refractivity contribution in [3.05, 3.63) is 18.4 Å². The van der Waals surface area contributed by atoms with Gasteiger partial charge in [0.2, 0.25) is 11.8 Å². The molecule has 0 aromatic heterocycles. The first kappa shape index (κ1) is 12.2. The molecule has 0 aliphatic carbocycles. The predicted molar refractivity (Wildman–Crippen MR) is 58.6 cm³/mol. The van der Waals surface area contributed by atoms with E-state index in [2.05, 4.69) is 22.9 Å². The predicted octanol–water partition coefficient (Wildman–Crippen LogP) is -0.00510. The van der Waals surface area contributed by atoms with Crippen LogP contribution >= 0.6 is 22.6 Å². The highest BCUT2D eigenvalue weighted by atomic mass is 127. The van der Waals surface area contributed by atoms with E-state index >= 15 is 0 Å². The molecule has 2 N–H and O–H groups in total. The second-order valence-electron chi connectivity index (χ2n) is 2.12. The maximum atomic E-state index is 10.9. The van der Waals surface area contributed by atoms with Gasteiger partial charge in [-0.05, 0) is 6.08 Å². The summed E-state index contributed by atoms with van der Waals surface area (Å²) < 4.78 is 0.359. The number of alkyl halides is 1. The molecule has 0 saturated heterocycles. The summed E-state index contributed by atoms with van der Waals surface area (Å²) in [7, 11) is 0. The summed E-state index contributed by atoms with van der Waals surface area (Å²) >= 11 is 1.93. The van der Waals surface area contributed by atoms with E-state index in [1.165, 1.54) is 0 Å². The van der Waals surface area contributed by atoms with Gasteiger partial charge in [-0.1, -0.05) is 29.2 Å². The third-order valence-corrected chi connectivity index (χ3v) is 1.81. The van der Waals surface area contributed by atoms with Crippen molar-refractivity contribution in [1.29, 1.82) is 0 Å². The van der Waals surface area contributed by atoms with Crippen LogP contribution in [0, 0.1) is 0 Å². The standard InChI is InChI=1S/C8H11IN2O2/c1-2-3-4-10-8(13)6-11-7(12)5-9/h3H,1,4-6H2,(H,10,13)(H,11,12). The zero-order valence-corrected chi connectivity index (χ0v) is 9.26. The second-order valence-corrected chi connectivity index (χ2v) is 2.89. The van der Waals surface area contributed by atoms with E-state index in [0.717, 1.165) is 0 Å². The Morgan fingerprint density at radius 1 is 1.38 bits per heavy atom. The first-order chi connectivity index (χ1) is 6.20. The fourth-order valence-electron chi connectivity index (χ4n) is 0.526. The molecular formula is C8H11IN2O2. The molecule has 13 heavy (non-hydrogen) atoms. The molecule has 0 atom stereocenters. The first-order valence-electron chi connectivity index (χ1n) is 3.64. The summed E-state index contributed by atoms with van der Waals surface area (Å²) in [6.45, 7) is 3.75. The van der Waals surface area contributed by atoms with Gasteiger partial charge >= 0.3 is 0 Å². The highest BCUT2D eigenvalue weighted by molar-refractivity contribution is 14.1. The van der Waals surface area contributed by atoms with E-state index in [9.17, 15) is 9.59 Å². The Morgan fingerprint density at radius 3 is 2.62 bits per heavy atom. The van der Waals surface area contributed by atoms with Crippen molar-refractivity contribution in [2.75, 3.05) is 17.5 Å². The van der Waals surface area contributed by atoms with E-state index in [1.54, 1.807) is 6.08 Å². The molecule has 0 bridgehead atoms. The monoisotopic (exact) mass is 294 g/mol. The zero-order valence-electron chi connectivity index (χ0n) is 7.10. The lowest BCUT2D eigenvalue weighted by atomic mass is 10.5. The fourth-order valence-corrected chi connectivity index (χ4v) is 0.795. The highest BCUT2D eigenvalue weighted by Crippen LogP contribution is 1.78. The Kier molecular flexibility index (Phi) is 7.33. The molecule has 0 aromatic rings. The van der Waals surface area contributed by atoms with Gasteiger partial charge in [0.15, 0.2) is 0 Å². The lowest BCUT2D eigenvalue weighted by Gasteiger charge is -2.02. The van der Waals surface area contributed by atoms with Gasteiger partial charge in [-0.3, -0.25) is 9.59 Å². The molecule has 0 fully saturated rings. The largest absolute Gasteiger partial charge is 0.350 e. The maximum absolute atomic E-state index is 10.9. The van der Waals surface area contributed by atoms with Crippen molar-refractivity contribution in [3.63, 3.8) is 0 Å². The van der Waals surface area contributed by atoms with Gasteiger partial charge in [-0.2, -0.15) is 0 Å². The summed E-state index contributed by atoms with van der Waals surface area (Å²) in [6, 6.07) is 0. The number of carbonyl (C=O) groups excluding carboxylic acids is 2. The molecule has 0 unspecified atom stereocenters. The van der Waals surface area contributed by atoms with Crippen LogP contribution in [0.3, 0.4) is 0 Å². The second kappa shape index (κ2) is 7.82. The molecule has 0 aliphatic heterocycles. The highest BCUT2D eigenvalue weighted by Gasteiger charge is 2.01. The Balaban J connectivity index is 3.51. The number of hydrogen-bond acceptors (Lipinski definition) is 2. The van der Waals surface area contributed by atoms with Crippen LogP contribution in [0.25, 0.3) is 0 Å². The topological polar surface area (TPSA) is 58.2 Å². The van der Waals surface area contributed by atoms with E-state index in [1.807, 2.05) is 22.6 Å². The van der Waals surface area contributed by atoms with Crippen molar-refractivity contribution in [1.82, 2.24) is 10.6 Å². The Labute approximate surface area is 90.6 Å². The molecule has 0 rings (SSSR count). The summed E-state index contributed by atoms with van der Waals surface area (Å²) in [5.41, 5.74) is 2.52. The van der Waals surface area contributed by atoms with E-state index in [4.69, 9.17) is 0 Å².